The van der Waals surface area contributed by atoms with Crippen LogP contribution in [0.2, 0.25) is 0 Å². The zero-order valence-electron chi connectivity index (χ0n) is 14.9. The van der Waals surface area contributed by atoms with Gasteiger partial charge in [-0.05, 0) is 43.7 Å². The summed E-state index contributed by atoms with van der Waals surface area (Å²) in [5.74, 6) is 1.29. The molecule has 2 heterocycles. The van der Waals surface area contributed by atoms with Crippen LogP contribution in [-0.4, -0.2) is 22.7 Å². The number of aryl methyl sites for hydroxylation is 2. The third kappa shape index (κ3) is 3.67. The molecule has 1 aromatic heterocycles. The van der Waals surface area contributed by atoms with Gasteiger partial charge in [0.2, 0.25) is 12.7 Å². The van der Waals surface area contributed by atoms with E-state index in [9.17, 15) is 4.79 Å². The van der Waals surface area contributed by atoms with Crippen molar-refractivity contribution < 1.29 is 14.3 Å². The normalized spacial score (nSPS) is 11.9. The summed E-state index contributed by atoms with van der Waals surface area (Å²) >= 11 is 0. The van der Waals surface area contributed by atoms with Gasteiger partial charge in [-0.1, -0.05) is 17.7 Å². The van der Waals surface area contributed by atoms with Gasteiger partial charge in [0.05, 0.1) is 0 Å². The SMILES string of the molecule is Cc1ccc(Nc2nccc(C(=O)Nc3ccc4c(c3)OCO4)n2)c(C)c1. The summed E-state index contributed by atoms with van der Waals surface area (Å²) in [6.07, 6.45) is 1.55. The Labute approximate surface area is 156 Å². The molecule has 0 saturated heterocycles. The Bertz CT molecular complexity index is 1020. The number of hydrogen-bond acceptors (Lipinski definition) is 6. The molecule has 7 nitrogen and oxygen atoms in total. The molecule has 0 atom stereocenters. The summed E-state index contributed by atoms with van der Waals surface area (Å²) in [5, 5.41) is 5.96. The summed E-state index contributed by atoms with van der Waals surface area (Å²) in [6.45, 7) is 4.23. The molecular formula is C20H18N4O3. The molecule has 1 aliphatic rings. The lowest BCUT2D eigenvalue weighted by atomic mass is 10.1. The van der Waals surface area contributed by atoms with E-state index in [2.05, 4.69) is 26.7 Å². The van der Waals surface area contributed by atoms with Crippen LogP contribution in [0.25, 0.3) is 0 Å². The summed E-state index contributed by atoms with van der Waals surface area (Å²) in [7, 11) is 0. The highest BCUT2D eigenvalue weighted by Crippen LogP contribution is 2.34. The van der Waals surface area contributed by atoms with Gasteiger partial charge in [-0.2, -0.15) is 0 Å². The maximum atomic E-state index is 12.5. The Kier molecular flexibility index (Phi) is 4.33. The maximum absolute atomic E-state index is 12.5. The molecule has 1 aliphatic heterocycles. The third-order valence-corrected chi connectivity index (χ3v) is 4.15. The number of fused-ring (bicyclic) bond motifs is 1. The molecule has 0 saturated carbocycles. The molecule has 2 aromatic carbocycles. The van der Waals surface area contributed by atoms with Gasteiger partial charge < -0.3 is 20.1 Å². The number of anilines is 3. The minimum atomic E-state index is -0.333. The van der Waals surface area contributed by atoms with Crippen molar-refractivity contribution in [3.05, 3.63) is 65.5 Å². The predicted molar refractivity (Wildman–Crippen MR) is 102 cm³/mol. The average Bonchev–Trinajstić information content (AvgIpc) is 3.12. The Morgan fingerprint density at radius 2 is 1.89 bits per heavy atom. The summed E-state index contributed by atoms with van der Waals surface area (Å²) < 4.78 is 10.6. The molecule has 1 amide bonds. The zero-order chi connectivity index (χ0) is 18.8. The quantitative estimate of drug-likeness (QED) is 0.734. The molecule has 0 radical (unpaired) electrons. The van der Waals surface area contributed by atoms with Gasteiger partial charge in [0, 0.05) is 23.6 Å². The molecule has 0 aliphatic carbocycles. The van der Waals surface area contributed by atoms with Crippen molar-refractivity contribution in [1.82, 2.24) is 9.97 Å². The predicted octanol–water partition coefficient (Wildman–Crippen LogP) is 3.82. The highest BCUT2D eigenvalue weighted by atomic mass is 16.7. The number of carbonyl (C=O) groups excluding carboxylic acids is 1. The highest BCUT2D eigenvalue weighted by molar-refractivity contribution is 6.03. The average molecular weight is 362 g/mol. The van der Waals surface area contributed by atoms with Crippen molar-refractivity contribution >= 4 is 23.2 Å². The van der Waals surface area contributed by atoms with Gasteiger partial charge in [0.1, 0.15) is 5.69 Å². The van der Waals surface area contributed by atoms with E-state index < -0.39 is 0 Å². The van der Waals surface area contributed by atoms with E-state index in [1.165, 1.54) is 5.56 Å². The van der Waals surface area contributed by atoms with E-state index in [0.29, 0.717) is 23.1 Å². The zero-order valence-corrected chi connectivity index (χ0v) is 14.9. The lowest BCUT2D eigenvalue weighted by molar-refractivity contribution is 0.102. The van der Waals surface area contributed by atoms with E-state index in [0.717, 1.165) is 11.3 Å². The van der Waals surface area contributed by atoms with Gasteiger partial charge in [-0.3, -0.25) is 4.79 Å². The van der Waals surface area contributed by atoms with Gasteiger partial charge >= 0.3 is 0 Å². The Hall–Kier alpha value is -3.61. The largest absolute Gasteiger partial charge is 0.454 e. The van der Waals surface area contributed by atoms with Crippen LogP contribution in [0.1, 0.15) is 21.6 Å². The summed E-state index contributed by atoms with van der Waals surface area (Å²) in [5.41, 5.74) is 4.01. The van der Waals surface area contributed by atoms with E-state index in [1.54, 1.807) is 30.5 Å². The van der Waals surface area contributed by atoms with Crippen molar-refractivity contribution in [3.8, 4) is 11.5 Å². The van der Waals surface area contributed by atoms with Gasteiger partial charge in [0.25, 0.3) is 5.91 Å². The van der Waals surface area contributed by atoms with Gasteiger partial charge in [-0.25, -0.2) is 9.97 Å². The first-order valence-corrected chi connectivity index (χ1v) is 8.47. The molecule has 0 spiro atoms. The minimum Gasteiger partial charge on any atom is -0.454 e. The van der Waals surface area contributed by atoms with Crippen molar-refractivity contribution in [2.24, 2.45) is 0 Å². The monoisotopic (exact) mass is 362 g/mol. The number of amides is 1. The number of carbonyl (C=O) groups is 1. The van der Waals surface area contributed by atoms with Crippen molar-refractivity contribution in [2.75, 3.05) is 17.4 Å². The summed E-state index contributed by atoms with van der Waals surface area (Å²) in [6, 6.07) is 12.8. The number of rotatable bonds is 4. The van der Waals surface area contributed by atoms with Crippen molar-refractivity contribution in [3.63, 3.8) is 0 Å². The maximum Gasteiger partial charge on any atom is 0.274 e. The molecule has 0 bridgehead atoms. The van der Waals surface area contributed by atoms with Gasteiger partial charge in [0.15, 0.2) is 11.5 Å². The first-order valence-electron chi connectivity index (χ1n) is 8.47. The van der Waals surface area contributed by atoms with E-state index in [4.69, 9.17) is 9.47 Å². The number of aromatic nitrogens is 2. The molecule has 4 rings (SSSR count). The lowest BCUT2D eigenvalue weighted by Gasteiger charge is -2.10. The molecule has 2 N–H and O–H groups in total. The van der Waals surface area contributed by atoms with Gasteiger partial charge in [-0.15, -0.1) is 0 Å². The molecule has 0 unspecified atom stereocenters. The molecule has 27 heavy (non-hydrogen) atoms. The number of benzene rings is 2. The fraction of sp³-hybridized carbons (Fsp3) is 0.150. The molecule has 7 heteroatoms. The standard InChI is InChI=1S/C20H18N4O3/c1-12-3-5-15(13(2)9-12)23-20-21-8-7-16(24-20)19(25)22-14-4-6-17-18(10-14)27-11-26-17/h3-10H,11H2,1-2H3,(H,22,25)(H,21,23,24). The topological polar surface area (TPSA) is 85.4 Å². The fourth-order valence-electron chi connectivity index (χ4n) is 2.79. The second kappa shape index (κ2) is 6.95. The number of nitrogens with zero attached hydrogens (tertiary/aromatic N) is 2. The molecule has 3 aromatic rings. The number of nitrogens with one attached hydrogen (secondary N) is 2. The van der Waals surface area contributed by atoms with Crippen LogP contribution in [0.3, 0.4) is 0 Å². The number of hydrogen-bond donors (Lipinski definition) is 2. The minimum absolute atomic E-state index is 0.187. The fourth-order valence-corrected chi connectivity index (χ4v) is 2.79. The Morgan fingerprint density at radius 1 is 1.04 bits per heavy atom. The van der Waals surface area contributed by atoms with Crippen LogP contribution in [-0.2, 0) is 0 Å². The van der Waals surface area contributed by atoms with Crippen molar-refractivity contribution in [2.45, 2.75) is 13.8 Å². The first-order chi connectivity index (χ1) is 13.1. The second-order valence-corrected chi connectivity index (χ2v) is 6.23. The van der Waals surface area contributed by atoms with Crippen molar-refractivity contribution in [1.29, 1.82) is 0 Å². The van der Waals surface area contributed by atoms with Crippen LogP contribution < -0.4 is 20.1 Å². The van der Waals surface area contributed by atoms with Crippen LogP contribution >= 0.6 is 0 Å². The number of ether oxygens (including phenoxy) is 2. The highest BCUT2D eigenvalue weighted by Gasteiger charge is 2.15. The molecule has 136 valence electrons. The Balaban J connectivity index is 1.50. The molecule has 0 fully saturated rings. The van der Waals surface area contributed by atoms with Crippen LogP contribution in [0, 0.1) is 13.8 Å². The Morgan fingerprint density at radius 3 is 2.74 bits per heavy atom. The second-order valence-electron chi connectivity index (χ2n) is 6.23. The van der Waals surface area contributed by atoms with E-state index >= 15 is 0 Å². The van der Waals surface area contributed by atoms with Crippen LogP contribution in [0.5, 0.6) is 11.5 Å². The molecular weight excluding hydrogens is 344 g/mol. The lowest BCUT2D eigenvalue weighted by Crippen LogP contribution is -2.14. The van der Waals surface area contributed by atoms with Crippen LogP contribution in [0.4, 0.5) is 17.3 Å². The van der Waals surface area contributed by atoms with E-state index in [-0.39, 0.29) is 18.4 Å². The van der Waals surface area contributed by atoms with E-state index in [1.807, 2.05) is 26.0 Å². The summed E-state index contributed by atoms with van der Waals surface area (Å²) in [4.78, 5) is 21.0. The third-order valence-electron chi connectivity index (χ3n) is 4.15. The smallest absolute Gasteiger partial charge is 0.274 e. The van der Waals surface area contributed by atoms with Crippen LogP contribution in [0.15, 0.2) is 48.7 Å². The first kappa shape index (κ1) is 16.8.